The first-order valence-corrected chi connectivity index (χ1v) is 11.3. The highest BCUT2D eigenvalue weighted by Gasteiger charge is 2.36. The van der Waals surface area contributed by atoms with Crippen LogP contribution >= 0.6 is 11.3 Å². The number of hydrogen-bond acceptors (Lipinski definition) is 6. The number of carbonyl (C=O) groups is 2. The second-order valence-electron chi connectivity index (χ2n) is 7.30. The topological polar surface area (TPSA) is 92.1 Å². The van der Waals surface area contributed by atoms with Gasteiger partial charge in [0.2, 0.25) is 0 Å². The van der Waals surface area contributed by atoms with Crippen molar-refractivity contribution >= 4 is 34.1 Å². The van der Waals surface area contributed by atoms with E-state index in [2.05, 4.69) is 16.4 Å². The van der Waals surface area contributed by atoms with Crippen LogP contribution in [-0.2, 0) is 19.8 Å². The highest BCUT2D eigenvalue weighted by molar-refractivity contribution is 7.10. The van der Waals surface area contributed by atoms with E-state index in [1.807, 2.05) is 53.9 Å². The van der Waals surface area contributed by atoms with Crippen LogP contribution in [-0.4, -0.2) is 16.9 Å². The molecule has 7 heteroatoms. The van der Waals surface area contributed by atoms with Gasteiger partial charge in [0.05, 0.1) is 17.3 Å². The Bertz CT molecular complexity index is 1080. The van der Waals surface area contributed by atoms with E-state index in [0.29, 0.717) is 12.8 Å². The van der Waals surface area contributed by atoms with Crippen molar-refractivity contribution in [2.75, 3.05) is 0 Å². The first-order valence-electron chi connectivity index (χ1n) is 10.4. The number of carbonyl (C=O) groups excluding carboxylic acids is 2. The predicted octanol–water partition coefficient (Wildman–Crippen LogP) is 5.04. The molecule has 0 saturated carbocycles. The van der Waals surface area contributed by atoms with E-state index in [0.717, 1.165) is 34.3 Å². The van der Waals surface area contributed by atoms with E-state index in [4.69, 9.17) is 4.98 Å². The van der Waals surface area contributed by atoms with Gasteiger partial charge in [-0.05, 0) is 36.4 Å². The lowest BCUT2D eigenvalue weighted by Gasteiger charge is -2.25. The summed E-state index contributed by atoms with van der Waals surface area (Å²) >= 11 is 1.56. The minimum Gasteiger partial charge on any atom is -0.341 e. The lowest BCUT2D eigenvalue weighted by Crippen LogP contribution is -2.27. The molecule has 0 radical (unpaired) electrons. The Morgan fingerprint density at radius 3 is 2.71 bits per heavy atom. The molecule has 0 aliphatic carbocycles. The number of rotatable bonds is 9. The van der Waals surface area contributed by atoms with Crippen LogP contribution in [0.25, 0.3) is 10.9 Å². The van der Waals surface area contributed by atoms with Gasteiger partial charge in [-0.1, -0.05) is 50.1 Å². The second kappa shape index (κ2) is 10.7. The summed E-state index contributed by atoms with van der Waals surface area (Å²) in [5, 5.41) is 13.3. The number of nitriles is 1. The molecular formula is C24H25N3O3S. The monoisotopic (exact) mass is 435 g/mol. The van der Waals surface area contributed by atoms with E-state index < -0.39 is 11.4 Å². The largest absolute Gasteiger partial charge is 0.341 e. The molecule has 0 aliphatic heterocycles. The molecule has 6 nitrogen and oxygen atoms in total. The fourth-order valence-electron chi connectivity index (χ4n) is 3.46. The molecule has 1 amide bonds. The van der Waals surface area contributed by atoms with Crippen LogP contribution in [0.15, 0.2) is 53.9 Å². The van der Waals surface area contributed by atoms with Gasteiger partial charge in [0, 0.05) is 23.1 Å². The van der Waals surface area contributed by atoms with Crippen molar-refractivity contribution in [1.82, 2.24) is 10.5 Å². The molecule has 0 spiro atoms. The molecule has 1 unspecified atom stereocenters. The number of thiophene rings is 1. The van der Waals surface area contributed by atoms with Crippen molar-refractivity contribution in [2.45, 2.75) is 50.9 Å². The van der Waals surface area contributed by atoms with Crippen molar-refractivity contribution < 1.29 is 14.4 Å². The smallest absolute Gasteiger partial charge is 0.331 e. The fourth-order valence-corrected chi connectivity index (χ4v) is 4.37. The van der Waals surface area contributed by atoms with E-state index in [-0.39, 0.29) is 18.7 Å². The highest BCUT2D eigenvalue weighted by Crippen LogP contribution is 2.39. The third-order valence-electron chi connectivity index (χ3n) is 5.19. The number of hydroxylamine groups is 1. The molecule has 2 aromatic heterocycles. The zero-order valence-corrected chi connectivity index (χ0v) is 18.3. The lowest BCUT2D eigenvalue weighted by atomic mass is 9.78. The van der Waals surface area contributed by atoms with E-state index in [9.17, 15) is 14.9 Å². The van der Waals surface area contributed by atoms with Crippen molar-refractivity contribution in [1.29, 1.82) is 5.26 Å². The summed E-state index contributed by atoms with van der Waals surface area (Å²) in [6.45, 7) is 1.66. The number of amides is 1. The summed E-state index contributed by atoms with van der Waals surface area (Å²) < 4.78 is 0. The normalized spacial score (nSPS) is 12.6. The number of benzene rings is 1. The maximum Gasteiger partial charge on any atom is 0.331 e. The van der Waals surface area contributed by atoms with Gasteiger partial charge in [-0.15, -0.1) is 11.3 Å². The molecular weight excluding hydrogens is 410 g/mol. The summed E-state index contributed by atoms with van der Waals surface area (Å²) in [6.07, 6.45) is 3.28. The number of unbranched alkanes of at least 4 members (excludes halogenated alkanes) is 2. The molecule has 1 atom stereocenters. The SMILES string of the molecule is CCC(=O)ONC(=O)CCCCCC(C#N)(c1ccc2ccccc2n1)c1cccs1. The molecule has 31 heavy (non-hydrogen) atoms. The van der Waals surface area contributed by atoms with Crippen molar-refractivity contribution in [3.05, 3.63) is 64.5 Å². The standard InChI is InChI=1S/C24H25N3O3S/c1-2-23(29)30-27-22(28)12-4-3-7-15-24(17-25,21-11-8-16-31-21)20-14-13-18-9-5-6-10-19(18)26-20/h5-6,8-11,13-14,16H,2-4,7,12,15H2,1H3,(H,27,28). The van der Waals surface area contributed by atoms with Gasteiger partial charge in [-0.3, -0.25) is 9.78 Å². The number of nitrogens with one attached hydrogen (secondary N) is 1. The summed E-state index contributed by atoms with van der Waals surface area (Å²) in [6, 6.07) is 18.3. The van der Waals surface area contributed by atoms with Crippen LogP contribution in [0.3, 0.4) is 0 Å². The highest BCUT2D eigenvalue weighted by atomic mass is 32.1. The summed E-state index contributed by atoms with van der Waals surface area (Å²) in [5.74, 6) is -0.784. The molecule has 3 aromatic rings. The zero-order valence-electron chi connectivity index (χ0n) is 17.5. The van der Waals surface area contributed by atoms with Gasteiger partial charge in [-0.25, -0.2) is 4.79 Å². The molecule has 2 heterocycles. The molecule has 0 bridgehead atoms. The van der Waals surface area contributed by atoms with Gasteiger partial charge in [0.25, 0.3) is 5.91 Å². The minimum absolute atomic E-state index is 0.210. The van der Waals surface area contributed by atoms with Crippen LogP contribution in [0.5, 0.6) is 0 Å². The third-order valence-corrected chi connectivity index (χ3v) is 6.22. The van der Waals surface area contributed by atoms with Gasteiger partial charge >= 0.3 is 5.97 Å². The van der Waals surface area contributed by atoms with Crippen molar-refractivity contribution in [2.24, 2.45) is 0 Å². The zero-order chi connectivity index (χ0) is 22.1. The minimum atomic E-state index is -0.822. The molecule has 160 valence electrons. The Morgan fingerprint density at radius 2 is 1.97 bits per heavy atom. The Hall–Kier alpha value is -3.24. The van der Waals surface area contributed by atoms with Gasteiger partial charge in [0.1, 0.15) is 5.41 Å². The first-order chi connectivity index (χ1) is 15.1. The number of para-hydroxylation sites is 1. The van der Waals surface area contributed by atoms with E-state index >= 15 is 0 Å². The van der Waals surface area contributed by atoms with Crippen LogP contribution in [0.2, 0.25) is 0 Å². The van der Waals surface area contributed by atoms with Crippen molar-refractivity contribution in [3.8, 4) is 6.07 Å². The molecule has 1 aromatic carbocycles. The Kier molecular flexibility index (Phi) is 7.74. The van der Waals surface area contributed by atoms with Gasteiger partial charge in [0.15, 0.2) is 0 Å². The Balaban J connectivity index is 1.67. The summed E-state index contributed by atoms with van der Waals surface area (Å²) in [7, 11) is 0. The number of hydrogen-bond donors (Lipinski definition) is 1. The van der Waals surface area contributed by atoms with E-state index in [1.165, 1.54) is 0 Å². The molecule has 0 saturated heterocycles. The molecule has 0 fully saturated rings. The van der Waals surface area contributed by atoms with Gasteiger partial charge < -0.3 is 4.84 Å². The van der Waals surface area contributed by atoms with E-state index in [1.54, 1.807) is 18.3 Å². The predicted molar refractivity (Wildman–Crippen MR) is 120 cm³/mol. The molecule has 3 rings (SSSR count). The summed E-state index contributed by atoms with van der Waals surface area (Å²) in [4.78, 5) is 33.3. The number of nitrogens with zero attached hydrogens (tertiary/aromatic N) is 2. The first kappa shape index (κ1) is 22.4. The van der Waals surface area contributed by atoms with Crippen LogP contribution < -0.4 is 5.48 Å². The van der Waals surface area contributed by atoms with Crippen molar-refractivity contribution in [3.63, 3.8) is 0 Å². The molecule has 1 N–H and O–H groups in total. The maximum atomic E-state index is 11.8. The average molecular weight is 436 g/mol. The molecule has 0 aliphatic rings. The third kappa shape index (κ3) is 5.47. The summed E-state index contributed by atoms with van der Waals surface area (Å²) in [5.41, 5.74) is 2.97. The quantitative estimate of drug-likeness (QED) is 0.375. The second-order valence-corrected chi connectivity index (χ2v) is 8.24. The van der Waals surface area contributed by atoms with Gasteiger partial charge in [-0.2, -0.15) is 10.7 Å². The Labute approximate surface area is 185 Å². The number of pyridine rings is 1. The number of fused-ring (bicyclic) bond motifs is 1. The van der Waals surface area contributed by atoms with Crippen LogP contribution in [0, 0.1) is 11.3 Å². The number of aromatic nitrogens is 1. The average Bonchev–Trinajstić information content (AvgIpc) is 3.35. The Morgan fingerprint density at radius 1 is 1.13 bits per heavy atom. The maximum absolute atomic E-state index is 11.8. The lowest BCUT2D eigenvalue weighted by molar-refractivity contribution is -0.158. The fraction of sp³-hybridized carbons (Fsp3) is 0.333. The van der Waals surface area contributed by atoms with Crippen LogP contribution in [0.1, 0.15) is 56.0 Å². The van der Waals surface area contributed by atoms with Crippen LogP contribution in [0.4, 0.5) is 0 Å².